The molecule has 0 bridgehead atoms. The number of aryl methyl sites for hydroxylation is 1. The van der Waals surface area contributed by atoms with Crippen molar-refractivity contribution in [1.29, 1.82) is 0 Å². The second kappa shape index (κ2) is 7.80. The highest BCUT2D eigenvalue weighted by Crippen LogP contribution is 2.28. The van der Waals surface area contributed by atoms with Gasteiger partial charge in [-0.1, -0.05) is 0 Å². The maximum Gasteiger partial charge on any atom is 0.282 e. The van der Waals surface area contributed by atoms with Crippen molar-refractivity contribution in [3.63, 3.8) is 0 Å². The molecule has 1 amide bonds. The van der Waals surface area contributed by atoms with Crippen molar-refractivity contribution < 1.29 is 23.8 Å². The maximum atomic E-state index is 12.5. The molecule has 0 saturated carbocycles. The Labute approximate surface area is 145 Å². The lowest BCUT2D eigenvalue weighted by Gasteiger charge is -2.20. The molecule has 0 aliphatic carbocycles. The Hall–Kier alpha value is -2.87. The summed E-state index contributed by atoms with van der Waals surface area (Å²) in [6.07, 6.45) is 0. The first-order chi connectivity index (χ1) is 11.8. The summed E-state index contributed by atoms with van der Waals surface area (Å²) in [6.45, 7) is 4.24. The van der Waals surface area contributed by atoms with E-state index < -0.39 is 4.92 Å². The number of likely N-dealkylation sites (N-methyl/N-ethyl adjacent to an activating group) is 1. The molecule has 1 aromatic carbocycles. The third-order valence-electron chi connectivity index (χ3n) is 4.04. The van der Waals surface area contributed by atoms with Gasteiger partial charge in [0.25, 0.3) is 11.6 Å². The zero-order valence-electron chi connectivity index (χ0n) is 14.7. The second-order valence-corrected chi connectivity index (χ2v) is 5.89. The summed E-state index contributed by atoms with van der Waals surface area (Å²) in [4.78, 5) is 23.7. The number of methoxy groups -OCH3 is 1. The number of non-ortho nitro benzene ring substituents is 1. The molecule has 2 N–H and O–H groups in total. The number of hydrogen-bond donors (Lipinski definition) is 2. The molecule has 134 valence electrons. The fraction of sp³-hybridized carbons (Fsp3) is 0.353. The summed E-state index contributed by atoms with van der Waals surface area (Å²) >= 11 is 0. The van der Waals surface area contributed by atoms with Crippen LogP contribution >= 0.6 is 0 Å². The number of carbonyl (C=O) groups excluding carboxylic acids is 1. The zero-order chi connectivity index (χ0) is 18.6. The van der Waals surface area contributed by atoms with Crippen molar-refractivity contribution in [2.45, 2.75) is 26.4 Å². The number of hydrogen-bond acceptors (Lipinski definition) is 5. The summed E-state index contributed by atoms with van der Waals surface area (Å²) < 4.78 is 10.7. The number of nitro groups is 1. The highest BCUT2D eigenvalue weighted by Gasteiger charge is 2.24. The van der Waals surface area contributed by atoms with E-state index in [1.807, 2.05) is 26.1 Å². The van der Waals surface area contributed by atoms with Crippen LogP contribution in [-0.4, -0.2) is 31.0 Å². The Bertz CT molecular complexity index is 771. The third-order valence-corrected chi connectivity index (χ3v) is 4.04. The maximum absolute atomic E-state index is 12.5. The van der Waals surface area contributed by atoms with Crippen LogP contribution in [0.1, 0.15) is 18.4 Å². The molecule has 8 heteroatoms. The van der Waals surface area contributed by atoms with Gasteiger partial charge in [-0.2, -0.15) is 0 Å². The Kier molecular flexibility index (Phi) is 5.76. The predicted octanol–water partition coefficient (Wildman–Crippen LogP) is 1.55. The van der Waals surface area contributed by atoms with Crippen molar-refractivity contribution in [3.05, 3.63) is 52.0 Å². The van der Waals surface area contributed by atoms with Crippen molar-refractivity contribution in [1.82, 2.24) is 0 Å². The van der Waals surface area contributed by atoms with Gasteiger partial charge in [0, 0.05) is 6.07 Å². The highest BCUT2D eigenvalue weighted by atomic mass is 16.6. The van der Waals surface area contributed by atoms with E-state index in [0.29, 0.717) is 12.2 Å². The van der Waals surface area contributed by atoms with Crippen molar-refractivity contribution in [2.75, 3.05) is 19.5 Å². The van der Waals surface area contributed by atoms with Crippen LogP contribution in [-0.2, 0) is 11.3 Å². The lowest BCUT2D eigenvalue weighted by atomic mass is 10.2. The number of ether oxygens (including phenoxy) is 1. The second-order valence-electron chi connectivity index (χ2n) is 5.89. The Balaban J connectivity index is 2.06. The molecule has 0 spiro atoms. The molecule has 1 heterocycles. The lowest BCUT2D eigenvalue weighted by Crippen LogP contribution is -3.12. The number of furan rings is 1. The first-order valence-corrected chi connectivity index (χ1v) is 7.82. The topological polar surface area (TPSA) is 99.0 Å². The summed E-state index contributed by atoms with van der Waals surface area (Å²) in [5, 5.41) is 13.6. The summed E-state index contributed by atoms with van der Waals surface area (Å²) in [5.41, 5.74) is 0.297. The number of nitrogens with one attached hydrogen (secondary N) is 2. The monoisotopic (exact) mass is 348 g/mol. The minimum atomic E-state index is -0.514. The molecule has 0 fully saturated rings. The van der Waals surface area contributed by atoms with Gasteiger partial charge in [0.2, 0.25) is 0 Å². The SMILES string of the molecule is COc1cc([N+](=O)[O-])ccc1NC(=O)[C@H](C)[NH+](C)Cc1ccc(C)o1. The van der Waals surface area contributed by atoms with Crippen LogP contribution in [0.5, 0.6) is 5.75 Å². The standard InChI is InChI=1S/C17H21N3O5/c1-11-5-7-14(25-11)10-19(3)12(2)17(21)18-15-8-6-13(20(22)23)9-16(15)24-4/h5-9,12H,10H2,1-4H3,(H,18,21)/p+1/t12-/m0/s1. The molecule has 2 aromatic rings. The largest absolute Gasteiger partial charge is 0.494 e. The van der Waals surface area contributed by atoms with Crippen LogP contribution in [0, 0.1) is 17.0 Å². The summed E-state index contributed by atoms with van der Waals surface area (Å²) in [5.74, 6) is 1.67. The number of anilines is 1. The van der Waals surface area contributed by atoms with Gasteiger partial charge < -0.3 is 19.4 Å². The van der Waals surface area contributed by atoms with E-state index in [0.717, 1.165) is 16.4 Å². The van der Waals surface area contributed by atoms with E-state index in [1.54, 1.807) is 6.92 Å². The van der Waals surface area contributed by atoms with Gasteiger partial charge in [-0.05, 0) is 32.0 Å². The van der Waals surface area contributed by atoms with E-state index in [1.165, 1.54) is 25.3 Å². The number of quaternary nitrogens is 1. The average molecular weight is 348 g/mol. The molecule has 0 aliphatic heterocycles. The quantitative estimate of drug-likeness (QED) is 0.584. The molecule has 8 nitrogen and oxygen atoms in total. The number of carbonyl (C=O) groups is 1. The molecule has 0 aliphatic rings. The average Bonchev–Trinajstić information content (AvgIpc) is 2.98. The van der Waals surface area contributed by atoms with E-state index in [-0.39, 0.29) is 23.4 Å². The molecule has 1 unspecified atom stereocenters. The molecule has 25 heavy (non-hydrogen) atoms. The van der Waals surface area contributed by atoms with Crippen molar-refractivity contribution >= 4 is 17.3 Å². The van der Waals surface area contributed by atoms with Gasteiger partial charge >= 0.3 is 0 Å². The smallest absolute Gasteiger partial charge is 0.282 e. The molecule has 2 rings (SSSR count). The van der Waals surface area contributed by atoms with Crippen LogP contribution in [0.2, 0.25) is 0 Å². The highest BCUT2D eigenvalue weighted by molar-refractivity contribution is 5.95. The molecule has 0 saturated heterocycles. The Morgan fingerprint density at radius 2 is 2.12 bits per heavy atom. The van der Waals surface area contributed by atoms with E-state index in [4.69, 9.17) is 9.15 Å². The van der Waals surface area contributed by atoms with Gasteiger partial charge in [-0.3, -0.25) is 14.9 Å². The van der Waals surface area contributed by atoms with E-state index >= 15 is 0 Å². The molecule has 1 aromatic heterocycles. The van der Waals surface area contributed by atoms with Crippen LogP contribution in [0.25, 0.3) is 0 Å². The van der Waals surface area contributed by atoms with Crippen LogP contribution in [0.3, 0.4) is 0 Å². The number of benzene rings is 1. The van der Waals surface area contributed by atoms with Gasteiger partial charge in [-0.25, -0.2) is 0 Å². The van der Waals surface area contributed by atoms with Crippen LogP contribution in [0.15, 0.2) is 34.7 Å². The Morgan fingerprint density at radius 1 is 1.40 bits per heavy atom. The number of rotatable bonds is 7. The minimum absolute atomic E-state index is 0.0983. The fourth-order valence-electron chi connectivity index (χ4n) is 2.37. The first kappa shape index (κ1) is 18.5. The van der Waals surface area contributed by atoms with Gasteiger partial charge in [0.1, 0.15) is 18.1 Å². The summed E-state index contributed by atoms with van der Waals surface area (Å²) in [6, 6.07) is 7.49. The molecule has 0 radical (unpaired) electrons. The van der Waals surface area contributed by atoms with Crippen LogP contribution in [0.4, 0.5) is 11.4 Å². The zero-order valence-corrected chi connectivity index (χ0v) is 14.7. The fourth-order valence-corrected chi connectivity index (χ4v) is 2.37. The lowest BCUT2D eigenvalue weighted by molar-refractivity contribution is -0.908. The third kappa shape index (κ3) is 4.57. The van der Waals surface area contributed by atoms with Crippen molar-refractivity contribution in [2.24, 2.45) is 0 Å². The first-order valence-electron chi connectivity index (χ1n) is 7.82. The molecular formula is C17H22N3O5+. The van der Waals surface area contributed by atoms with Crippen LogP contribution < -0.4 is 15.0 Å². The Morgan fingerprint density at radius 3 is 2.68 bits per heavy atom. The molecule has 2 atom stereocenters. The van der Waals surface area contributed by atoms with Crippen molar-refractivity contribution in [3.8, 4) is 5.75 Å². The van der Waals surface area contributed by atoms with Gasteiger partial charge in [0.15, 0.2) is 11.8 Å². The minimum Gasteiger partial charge on any atom is -0.494 e. The van der Waals surface area contributed by atoms with E-state index in [2.05, 4.69) is 5.32 Å². The number of nitrogens with zero attached hydrogens (tertiary/aromatic N) is 1. The van der Waals surface area contributed by atoms with Gasteiger partial charge in [-0.15, -0.1) is 0 Å². The predicted molar refractivity (Wildman–Crippen MR) is 91.8 cm³/mol. The number of nitro benzene ring substituents is 1. The van der Waals surface area contributed by atoms with Gasteiger partial charge in [0.05, 0.1) is 30.8 Å². The normalized spacial score (nSPS) is 13.1. The summed E-state index contributed by atoms with van der Waals surface area (Å²) in [7, 11) is 3.30. The number of amides is 1. The molecular weight excluding hydrogens is 326 g/mol. The van der Waals surface area contributed by atoms with E-state index in [9.17, 15) is 14.9 Å².